The van der Waals surface area contributed by atoms with E-state index in [2.05, 4.69) is 15.8 Å². The van der Waals surface area contributed by atoms with Gasteiger partial charge in [-0.1, -0.05) is 30.7 Å². The Hall–Kier alpha value is -3.30. The molecule has 0 unspecified atom stereocenters. The molecule has 0 saturated heterocycles. The molecule has 29 heavy (non-hydrogen) atoms. The molecule has 0 fully saturated rings. The zero-order valence-corrected chi connectivity index (χ0v) is 16.8. The lowest BCUT2D eigenvalue weighted by atomic mass is 9.98. The first-order valence-corrected chi connectivity index (χ1v) is 9.41. The van der Waals surface area contributed by atoms with Crippen LogP contribution < -0.4 is 10.2 Å². The van der Waals surface area contributed by atoms with Crippen molar-refractivity contribution in [2.24, 2.45) is 0 Å². The molecular formula is C22H19ClN2O4. The summed E-state index contributed by atoms with van der Waals surface area (Å²) in [5, 5.41) is 9.65. The van der Waals surface area contributed by atoms with Crippen LogP contribution in [0.4, 0.5) is 0 Å². The molecule has 148 valence electrons. The fourth-order valence-electron chi connectivity index (χ4n) is 3.13. The number of hydrogen-bond acceptors (Lipinski definition) is 5. The van der Waals surface area contributed by atoms with Crippen LogP contribution in [0, 0.1) is 11.3 Å². The highest BCUT2D eigenvalue weighted by molar-refractivity contribution is 6.35. The maximum atomic E-state index is 13.4. The smallest absolute Gasteiger partial charge is 0.343 e. The van der Waals surface area contributed by atoms with Gasteiger partial charge in [-0.25, -0.2) is 4.79 Å². The molecule has 0 saturated carbocycles. The number of aromatic amines is 1. The Kier molecular flexibility index (Phi) is 6.20. The number of fused-ring (bicyclic) bond motifs is 1. The summed E-state index contributed by atoms with van der Waals surface area (Å²) in [5.74, 6) is -0.285. The highest BCUT2D eigenvalue weighted by Crippen LogP contribution is 2.29. The van der Waals surface area contributed by atoms with E-state index in [1.54, 1.807) is 24.3 Å². The number of methoxy groups -OCH3 is 1. The number of carbonyl (C=O) groups excluding carboxylic acids is 1. The van der Waals surface area contributed by atoms with Gasteiger partial charge < -0.3 is 14.5 Å². The fourth-order valence-corrected chi connectivity index (χ4v) is 3.33. The van der Waals surface area contributed by atoms with Crippen molar-refractivity contribution in [1.82, 2.24) is 4.98 Å². The molecule has 0 radical (unpaired) electrons. The minimum atomic E-state index is -0.549. The van der Waals surface area contributed by atoms with Gasteiger partial charge in [0, 0.05) is 17.7 Å². The summed E-state index contributed by atoms with van der Waals surface area (Å²) in [6.45, 7) is 1.64. The summed E-state index contributed by atoms with van der Waals surface area (Å²) >= 11 is 6.32. The summed E-state index contributed by atoms with van der Waals surface area (Å²) in [6.07, 6.45) is 1.00. The number of aryl methyl sites for hydroxylation is 1. The Labute approximate surface area is 172 Å². The zero-order chi connectivity index (χ0) is 21.0. The molecule has 1 aromatic heterocycles. The van der Waals surface area contributed by atoms with Crippen LogP contribution in [0.3, 0.4) is 0 Å². The van der Waals surface area contributed by atoms with Gasteiger partial charge in [0.15, 0.2) is 12.0 Å². The van der Waals surface area contributed by atoms with Crippen molar-refractivity contribution in [1.29, 1.82) is 5.26 Å². The number of rotatable bonds is 6. The predicted molar refractivity (Wildman–Crippen MR) is 110 cm³/mol. The average Bonchev–Trinajstić information content (AvgIpc) is 2.75. The molecule has 0 amide bonds. The highest BCUT2D eigenvalue weighted by atomic mass is 35.5. The van der Waals surface area contributed by atoms with Crippen LogP contribution in [-0.2, 0) is 22.4 Å². The number of aromatic nitrogens is 1. The second kappa shape index (κ2) is 8.80. The second-order valence-corrected chi connectivity index (χ2v) is 6.82. The molecule has 2 aromatic carbocycles. The maximum absolute atomic E-state index is 13.4. The molecule has 6 nitrogen and oxygen atoms in total. The van der Waals surface area contributed by atoms with Crippen molar-refractivity contribution in [3.63, 3.8) is 0 Å². The zero-order valence-electron chi connectivity index (χ0n) is 16.0. The Balaban J connectivity index is 2.13. The van der Waals surface area contributed by atoms with Gasteiger partial charge in [-0.05, 0) is 36.2 Å². The summed E-state index contributed by atoms with van der Waals surface area (Å²) in [7, 11) is 1.27. The SMILES string of the molecule is CCc1[nH]c2c(Cl)ccc(OCC(=O)OC)c2c(=O)c1Cc1ccc(C#N)cc1. The van der Waals surface area contributed by atoms with Gasteiger partial charge in [0.25, 0.3) is 0 Å². The largest absolute Gasteiger partial charge is 0.481 e. The van der Waals surface area contributed by atoms with E-state index in [0.29, 0.717) is 39.9 Å². The topological polar surface area (TPSA) is 92.2 Å². The standard InChI is InChI=1S/C22H19ClN2O4/c1-3-17-15(10-13-4-6-14(11-24)7-5-13)22(27)20-18(29-12-19(26)28-2)9-8-16(23)21(20)25-17/h4-9H,3,10,12H2,1-2H3,(H,25,27). The minimum Gasteiger partial charge on any atom is -0.481 e. The number of pyridine rings is 1. The first-order valence-electron chi connectivity index (χ1n) is 9.03. The van der Waals surface area contributed by atoms with Gasteiger partial charge in [0.2, 0.25) is 0 Å². The lowest BCUT2D eigenvalue weighted by Crippen LogP contribution is -2.18. The lowest BCUT2D eigenvalue weighted by molar-refractivity contribution is -0.142. The average molecular weight is 411 g/mol. The monoisotopic (exact) mass is 410 g/mol. The van der Waals surface area contributed by atoms with Gasteiger partial charge in [-0.3, -0.25) is 4.79 Å². The highest BCUT2D eigenvalue weighted by Gasteiger charge is 2.18. The van der Waals surface area contributed by atoms with Gasteiger partial charge in [-0.2, -0.15) is 5.26 Å². The number of carbonyl (C=O) groups is 1. The van der Waals surface area contributed by atoms with Crippen molar-refractivity contribution in [2.45, 2.75) is 19.8 Å². The van der Waals surface area contributed by atoms with Crippen LogP contribution in [0.25, 0.3) is 10.9 Å². The van der Waals surface area contributed by atoms with Gasteiger partial charge in [-0.15, -0.1) is 0 Å². The molecule has 0 bridgehead atoms. The van der Waals surface area contributed by atoms with Gasteiger partial charge in [0.1, 0.15) is 5.75 Å². The summed E-state index contributed by atoms with van der Waals surface area (Å²) in [4.78, 5) is 28.1. The van der Waals surface area contributed by atoms with Crippen LogP contribution in [0.1, 0.15) is 29.3 Å². The number of nitrogens with one attached hydrogen (secondary N) is 1. The Morgan fingerprint density at radius 3 is 2.55 bits per heavy atom. The molecule has 0 spiro atoms. The van der Waals surface area contributed by atoms with Crippen LogP contribution in [0.15, 0.2) is 41.2 Å². The summed E-state index contributed by atoms with van der Waals surface area (Å²) in [5.41, 5.74) is 3.10. The van der Waals surface area contributed by atoms with Crippen molar-refractivity contribution in [3.8, 4) is 11.8 Å². The third kappa shape index (κ3) is 4.25. The molecule has 0 aliphatic heterocycles. The Morgan fingerprint density at radius 2 is 1.93 bits per heavy atom. The lowest BCUT2D eigenvalue weighted by Gasteiger charge is -2.14. The quantitative estimate of drug-likeness (QED) is 0.624. The number of hydrogen-bond donors (Lipinski definition) is 1. The number of esters is 1. The van der Waals surface area contributed by atoms with Crippen LogP contribution in [0.2, 0.25) is 5.02 Å². The molecule has 1 N–H and O–H groups in total. The van der Waals surface area contributed by atoms with E-state index in [-0.39, 0.29) is 17.8 Å². The molecular weight excluding hydrogens is 392 g/mol. The van der Waals surface area contributed by atoms with E-state index < -0.39 is 5.97 Å². The summed E-state index contributed by atoms with van der Waals surface area (Å²) in [6, 6.07) is 12.4. The van der Waals surface area contributed by atoms with E-state index in [0.717, 1.165) is 11.3 Å². The molecule has 3 rings (SSSR count). The predicted octanol–water partition coefficient (Wildman–Crippen LogP) is 3.76. The normalized spacial score (nSPS) is 10.6. The molecule has 7 heteroatoms. The Bertz CT molecular complexity index is 1160. The number of nitrogens with zero attached hydrogens (tertiary/aromatic N) is 1. The number of benzene rings is 2. The van der Waals surface area contributed by atoms with Gasteiger partial charge >= 0.3 is 5.97 Å². The van der Waals surface area contributed by atoms with Crippen molar-refractivity contribution < 1.29 is 14.3 Å². The van der Waals surface area contributed by atoms with Crippen molar-refractivity contribution >= 4 is 28.5 Å². The van der Waals surface area contributed by atoms with Crippen LogP contribution >= 0.6 is 11.6 Å². The third-order valence-electron chi connectivity index (χ3n) is 4.65. The molecule has 0 atom stereocenters. The maximum Gasteiger partial charge on any atom is 0.343 e. The van der Waals surface area contributed by atoms with E-state index in [4.69, 9.17) is 21.6 Å². The number of ether oxygens (including phenoxy) is 2. The number of H-pyrrole nitrogens is 1. The van der Waals surface area contributed by atoms with E-state index >= 15 is 0 Å². The third-order valence-corrected chi connectivity index (χ3v) is 4.96. The first kappa shape index (κ1) is 20.4. The van der Waals surface area contributed by atoms with E-state index in [9.17, 15) is 9.59 Å². The summed E-state index contributed by atoms with van der Waals surface area (Å²) < 4.78 is 10.1. The van der Waals surface area contributed by atoms with Crippen LogP contribution in [0.5, 0.6) is 5.75 Å². The van der Waals surface area contributed by atoms with Crippen LogP contribution in [-0.4, -0.2) is 24.7 Å². The molecule has 1 heterocycles. The molecule has 0 aliphatic rings. The molecule has 0 aliphatic carbocycles. The van der Waals surface area contributed by atoms with E-state index in [1.807, 2.05) is 19.1 Å². The van der Waals surface area contributed by atoms with Crippen molar-refractivity contribution in [2.75, 3.05) is 13.7 Å². The minimum absolute atomic E-state index is 0.206. The van der Waals surface area contributed by atoms with E-state index in [1.165, 1.54) is 7.11 Å². The Morgan fingerprint density at radius 1 is 1.21 bits per heavy atom. The number of nitriles is 1. The van der Waals surface area contributed by atoms with Crippen molar-refractivity contribution in [3.05, 3.63) is 74.0 Å². The second-order valence-electron chi connectivity index (χ2n) is 6.41. The number of halogens is 1. The fraction of sp³-hybridized carbons (Fsp3) is 0.227. The molecule has 3 aromatic rings. The first-order chi connectivity index (χ1) is 14.0. The van der Waals surface area contributed by atoms with Gasteiger partial charge in [0.05, 0.1) is 34.7 Å².